The van der Waals surface area contributed by atoms with Gasteiger partial charge in [0, 0.05) is 18.7 Å². The second kappa shape index (κ2) is 18.3. The van der Waals surface area contributed by atoms with Gasteiger partial charge in [0.15, 0.2) is 0 Å². The van der Waals surface area contributed by atoms with Gasteiger partial charge >= 0.3 is 0 Å². The lowest BCUT2D eigenvalue weighted by molar-refractivity contribution is -0.106. The number of nitrogens with zero attached hydrogens (tertiary/aromatic N) is 3. The number of carbonyl (C=O) groups excluding carboxylic acids is 1. The molecule has 10 heteroatoms. The van der Waals surface area contributed by atoms with E-state index in [4.69, 9.17) is 30.2 Å². The summed E-state index contributed by atoms with van der Waals surface area (Å²) in [4.78, 5) is 15.9. The normalized spacial score (nSPS) is 13.6. The molecule has 5 rings (SSSR count). The molecule has 1 aliphatic rings. The van der Waals surface area contributed by atoms with Crippen LogP contribution in [0.15, 0.2) is 60.7 Å². The number of hydrogen-bond donors (Lipinski definition) is 2. The van der Waals surface area contributed by atoms with Gasteiger partial charge < -0.3 is 20.9 Å². The fourth-order valence-corrected chi connectivity index (χ4v) is 6.20. The minimum atomic E-state index is -0.411. The molecule has 2 heterocycles. The molecule has 0 saturated carbocycles. The molecule has 0 unspecified atom stereocenters. The van der Waals surface area contributed by atoms with E-state index >= 15 is 0 Å². The molecule has 1 amide bonds. The smallest absolute Gasteiger partial charge is 0.204 e. The van der Waals surface area contributed by atoms with Gasteiger partial charge in [-0.25, -0.2) is 9.37 Å². The van der Waals surface area contributed by atoms with E-state index in [2.05, 4.69) is 47.9 Å². The Morgan fingerprint density at radius 1 is 1.13 bits per heavy atom. The average molecular weight is 648 g/mol. The number of aromatic nitrogens is 1. The van der Waals surface area contributed by atoms with E-state index < -0.39 is 5.82 Å². The largest absolute Gasteiger partial charge is 0.489 e. The van der Waals surface area contributed by atoms with E-state index in [1.54, 1.807) is 12.1 Å². The molecule has 0 bridgehead atoms. The third kappa shape index (κ3) is 11.2. The zero-order valence-corrected chi connectivity index (χ0v) is 28.1. The highest BCUT2D eigenvalue weighted by atomic mass is 32.1. The van der Waals surface area contributed by atoms with Gasteiger partial charge in [-0.1, -0.05) is 31.2 Å². The summed E-state index contributed by atoms with van der Waals surface area (Å²) in [5, 5.41) is 10.1. The summed E-state index contributed by atoms with van der Waals surface area (Å²) >= 11 is 1.81. The number of nitrogens with two attached hydrogens (primary N) is 2. The van der Waals surface area contributed by atoms with Crippen molar-refractivity contribution in [1.29, 1.82) is 5.26 Å². The van der Waals surface area contributed by atoms with Crippen molar-refractivity contribution in [1.82, 2.24) is 9.88 Å². The van der Waals surface area contributed by atoms with Crippen molar-refractivity contribution in [3.05, 3.63) is 93.7 Å². The van der Waals surface area contributed by atoms with Crippen molar-refractivity contribution in [3.63, 3.8) is 0 Å². The van der Waals surface area contributed by atoms with E-state index in [1.807, 2.05) is 50.3 Å². The summed E-state index contributed by atoms with van der Waals surface area (Å²) < 4.78 is 26.6. The number of hydrogen-bond acceptors (Lipinski definition) is 8. The lowest BCUT2D eigenvalue weighted by Gasteiger charge is -2.31. The fraction of sp³-hybridized carbons (Fsp3) is 0.417. The minimum Gasteiger partial charge on any atom is -0.489 e. The van der Waals surface area contributed by atoms with E-state index in [-0.39, 0.29) is 18.6 Å². The van der Waals surface area contributed by atoms with E-state index in [0.29, 0.717) is 23.6 Å². The first kappa shape index (κ1) is 36.6. The number of nitriles is 1. The van der Waals surface area contributed by atoms with Crippen LogP contribution >= 0.6 is 11.3 Å². The molecule has 0 aliphatic carbocycles. The molecule has 46 heavy (non-hydrogen) atoms. The maximum atomic E-state index is 14.2. The molecule has 4 N–H and O–H groups in total. The number of rotatable bonds is 10. The van der Waals surface area contributed by atoms with Crippen LogP contribution in [-0.2, 0) is 29.1 Å². The number of primary amides is 1. The van der Waals surface area contributed by atoms with Gasteiger partial charge in [-0.3, -0.25) is 9.69 Å². The van der Waals surface area contributed by atoms with Crippen LogP contribution in [0.3, 0.4) is 0 Å². The first-order chi connectivity index (χ1) is 22.1. The monoisotopic (exact) mass is 647 g/mol. The zero-order chi connectivity index (χ0) is 33.5. The quantitative estimate of drug-likeness (QED) is 0.184. The molecule has 1 aliphatic heterocycles. The van der Waals surface area contributed by atoms with Gasteiger partial charge in [-0.05, 0) is 107 Å². The van der Waals surface area contributed by atoms with E-state index in [9.17, 15) is 4.39 Å². The van der Waals surface area contributed by atoms with E-state index in [1.165, 1.54) is 26.9 Å². The van der Waals surface area contributed by atoms with Crippen LogP contribution in [0.2, 0.25) is 0 Å². The second-order valence-electron chi connectivity index (χ2n) is 11.6. The number of amides is 1. The maximum Gasteiger partial charge on any atom is 0.204 e. The summed E-state index contributed by atoms with van der Waals surface area (Å²) in [6.45, 7) is 12.6. The Hall–Kier alpha value is -3.88. The SMILES string of the molecule is CCOC(C)(C)CN.CCc1ccc2nc(CN3CCC(c4cccc(OCc5ccc(C#N)cc5F)c4)CC3)sc2c1.NC=O. The van der Waals surface area contributed by atoms with Gasteiger partial charge in [-0.15, -0.1) is 11.3 Å². The number of likely N-dealkylation sites (tertiary alicyclic amines) is 1. The molecule has 0 spiro atoms. The van der Waals surface area contributed by atoms with Gasteiger partial charge in [0.1, 0.15) is 23.2 Å². The van der Waals surface area contributed by atoms with Crippen LogP contribution in [0.1, 0.15) is 73.7 Å². The van der Waals surface area contributed by atoms with Gasteiger partial charge in [-0.2, -0.15) is 5.26 Å². The Morgan fingerprint density at radius 3 is 2.48 bits per heavy atom. The highest BCUT2D eigenvalue weighted by Gasteiger charge is 2.22. The lowest BCUT2D eigenvalue weighted by Crippen LogP contribution is -2.33. The first-order valence-electron chi connectivity index (χ1n) is 15.7. The fourth-order valence-electron chi connectivity index (χ4n) is 5.12. The van der Waals surface area contributed by atoms with Crippen LogP contribution in [-0.4, -0.2) is 48.1 Å². The van der Waals surface area contributed by atoms with E-state index in [0.717, 1.165) is 56.8 Å². The zero-order valence-electron chi connectivity index (χ0n) is 27.3. The lowest BCUT2D eigenvalue weighted by atomic mass is 9.89. The number of fused-ring (bicyclic) bond motifs is 1. The first-order valence-corrected chi connectivity index (χ1v) is 16.5. The number of carbonyl (C=O) groups is 1. The molecular weight excluding hydrogens is 601 g/mol. The van der Waals surface area contributed by atoms with Crippen molar-refractivity contribution >= 4 is 28.0 Å². The number of aryl methyl sites for hydroxylation is 1. The summed E-state index contributed by atoms with van der Waals surface area (Å²) in [6, 6.07) is 21.2. The summed E-state index contributed by atoms with van der Waals surface area (Å²) in [5.74, 6) is 0.824. The molecule has 0 radical (unpaired) electrons. The number of ether oxygens (including phenoxy) is 2. The van der Waals surface area contributed by atoms with Crippen LogP contribution in [0.4, 0.5) is 4.39 Å². The average Bonchev–Trinajstić information content (AvgIpc) is 3.46. The van der Waals surface area contributed by atoms with Gasteiger partial charge in [0.25, 0.3) is 0 Å². The minimum absolute atomic E-state index is 0.130. The molecule has 1 fully saturated rings. The van der Waals surface area contributed by atoms with Crippen molar-refractivity contribution in [3.8, 4) is 11.8 Å². The molecule has 0 atom stereocenters. The maximum absolute atomic E-state index is 14.2. The summed E-state index contributed by atoms with van der Waals surface area (Å²) in [5.41, 5.74) is 13.9. The van der Waals surface area contributed by atoms with Crippen LogP contribution in [0, 0.1) is 17.1 Å². The Bertz CT molecular complexity index is 1580. The number of halogens is 1. The van der Waals surface area contributed by atoms with Crippen LogP contribution in [0.5, 0.6) is 5.75 Å². The molecule has 4 aromatic rings. The van der Waals surface area contributed by atoms with Crippen molar-refractivity contribution in [2.75, 3.05) is 26.2 Å². The number of piperidine rings is 1. The highest BCUT2D eigenvalue weighted by Crippen LogP contribution is 2.32. The predicted molar refractivity (Wildman–Crippen MR) is 183 cm³/mol. The Labute approximate surface area is 276 Å². The predicted octanol–water partition coefficient (Wildman–Crippen LogP) is 6.69. The number of benzene rings is 3. The molecule has 3 aromatic carbocycles. The third-order valence-corrected chi connectivity index (χ3v) is 8.79. The molecule has 246 valence electrons. The second-order valence-corrected chi connectivity index (χ2v) is 12.7. The standard InChI is InChI=1S/C29H28FN3OS.C6H15NO.CH3NO/c1-2-20-7-9-27-28(15-20)35-29(32-27)18-33-12-10-22(11-13-33)23-4-3-5-25(16-23)34-19-24-8-6-21(17-31)14-26(24)30;1-4-8-6(2,3)5-7;2-1-3/h3-9,14-16,22H,2,10-13,18-19H2,1H3;4-5,7H2,1-3H3;1H,(H2,2,3). The molecule has 1 saturated heterocycles. The van der Waals surface area contributed by atoms with Crippen molar-refractivity contribution < 1.29 is 18.7 Å². The third-order valence-electron chi connectivity index (χ3n) is 7.78. The number of thiazole rings is 1. The Morgan fingerprint density at radius 2 is 1.87 bits per heavy atom. The van der Waals surface area contributed by atoms with Crippen molar-refractivity contribution in [2.45, 2.75) is 71.6 Å². The van der Waals surface area contributed by atoms with Crippen molar-refractivity contribution in [2.24, 2.45) is 11.5 Å². The molecule has 1 aromatic heterocycles. The Balaban J connectivity index is 0.000000453. The highest BCUT2D eigenvalue weighted by molar-refractivity contribution is 7.18. The van der Waals surface area contributed by atoms with Gasteiger partial charge in [0.2, 0.25) is 6.41 Å². The Kier molecular flexibility index (Phi) is 14.6. The molecular formula is C36H46FN5O3S. The van der Waals surface area contributed by atoms with Crippen LogP contribution < -0.4 is 16.2 Å². The topological polar surface area (TPSA) is 127 Å². The van der Waals surface area contributed by atoms with Gasteiger partial charge in [0.05, 0.1) is 34.0 Å². The van der Waals surface area contributed by atoms with Crippen LogP contribution in [0.25, 0.3) is 10.2 Å². The molecule has 8 nitrogen and oxygen atoms in total. The summed E-state index contributed by atoms with van der Waals surface area (Å²) in [6.07, 6.45) is 3.49. The summed E-state index contributed by atoms with van der Waals surface area (Å²) in [7, 11) is 0.